The molecule has 30 heavy (non-hydrogen) atoms. The van der Waals surface area contributed by atoms with E-state index >= 15 is 0 Å². The zero-order valence-corrected chi connectivity index (χ0v) is 21.7. The van der Waals surface area contributed by atoms with Crippen molar-refractivity contribution in [2.75, 3.05) is 13.2 Å². The molecule has 0 amide bonds. The number of ether oxygens (including phenoxy) is 1. The molecular formula is C27H46O2Si. The maximum absolute atomic E-state index is 6.89. The van der Waals surface area contributed by atoms with Gasteiger partial charge in [0.1, 0.15) is 0 Å². The van der Waals surface area contributed by atoms with E-state index in [0.29, 0.717) is 29.1 Å². The average molecular weight is 431 g/mol. The van der Waals surface area contributed by atoms with Crippen molar-refractivity contribution < 1.29 is 9.16 Å². The van der Waals surface area contributed by atoms with E-state index in [1.807, 2.05) is 0 Å². The Morgan fingerprint density at radius 1 is 1.00 bits per heavy atom. The molecule has 0 saturated heterocycles. The smallest absolute Gasteiger partial charge is 0.200 e. The molecule has 2 rings (SSSR count). The van der Waals surface area contributed by atoms with Gasteiger partial charge in [-0.2, -0.15) is 0 Å². The van der Waals surface area contributed by atoms with E-state index in [0.717, 1.165) is 32.5 Å². The van der Waals surface area contributed by atoms with Crippen LogP contribution in [0.2, 0.25) is 16.6 Å². The fourth-order valence-electron chi connectivity index (χ4n) is 6.01. The minimum Gasteiger partial charge on any atom is -0.416 e. The Balaban J connectivity index is 1.92. The predicted molar refractivity (Wildman–Crippen MR) is 132 cm³/mol. The maximum atomic E-state index is 6.89. The number of hydrogen-bond donors (Lipinski definition) is 0. The van der Waals surface area contributed by atoms with E-state index in [1.54, 1.807) is 0 Å². The third-order valence-electron chi connectivity index (χ3n) is 7.91. The lowest BCUT2D eigenvalue weighted by Crippen LogP contribution is -2.48. The highest BCUT2D eigenvalue weighted by Gasteiger charge is 2.46. The second-order valence-corrected chi connectivity index (χ2v) is 16.0. The zero-order chi connectivity index (χ0) is 22.4. The van der Waals surface area contributed by atoms with E-state index in [4.69, 9.17) is 9.16 Å². The molecule has 0 aliphatic heterocycles. The van der Waals surface area contributed by atoms with Crippen molar-refractivity contribution in [1.29, 1.82) is 0 Å². The molecule has 2 atom stereocenters. The Labute approximate surface area is 187 Å². The number of allylic oxidation sites excluding steroid dienone is 1. The first kappa shape index (κ1) is 25.4. The lowest BCUT2D eigenvalue weighted by atomic mass is 9.74. The molecule has 1 aliphatic carbocycles. The van der Waals surface area contributed by atoms with Gasteiger partial charge in [0.05, 0.1) is 6.61 Å². The zero-order valence-electron chi connectivity index (χ0n) is 20.7. The summed E-state index contributed by atoms with van der Waals surface area (Å²) in [6.45, 7) is 23.5. The van der Waals surface area contributed by atoms with Gasteiger partial charge in [-0.1, -0.05) is 91.0 Å². The van der Waals surface area contributed by atoms with Gasteiger partial charge in [-0.15, -0.1) is 0 Å². The van der Waals surface area contributed by atoms with Gasteiger partial charge in [0.2, 0.25) is 0 Å². The van der Waals surface area contributed by atoms with Crippen LogP contribution in [0.3, 0.4) is 0 Å². The lowest BCUT2D eigenvalue weighted by molar-refractivity contribution is 0.0861. The van der Waals surface area contributed by atoms with Crippen molar-refractivity contribution in [3.8, 4) is 0 Å². The van der Waals surface area contributed by atoms with E-state index in [1.165, 1.54) is 17.6 Å². The second kappa shape index (κ2) is 11.1. The highest BCUT2D eigenvalue weighted by Crippen LogP contribution is 2.51. The van der Waals surface area contributed by atoms with Crippen molar-refractivity contribution in [3.63, 3.8) is 0 Å². The van der Waals surface area contributed by atoms with E-state index < -0.39 is 8.32 Å². The summed E-state index contributed by atoms with van der Waals surface area (Å²) in [5.41, 5.74) is 4.77. The molecule has 1 aromatic carbocycles. The number of rotatable bonds is 12. The molecule has 1 aromatic rings. The molecule has 0 spiro atoms. The molecule has 3 heteroatoms. The van der Waals surface area contributed by atoms with Gasteiger partial charge in [0.25, 0.3) is 0 Å². The number of benzene rings is 1. The quantitative estimate of drug-likeness (QED) is 0.189. The van der Waals surface area contributed by atoms with Gasteiger partial charge >= 0.3 is 0 Å². The summed E-state index contributed by atoms with van der Waals surface area (Å²) in [6, 6.07) is 10.5. The third-order valence-corrected chi connectivity index (χ3v) is 14.0. The summed E-state index contributed by atoms with van der Waals surface area (Å²) in [6.07, 6.45) is 4.60. The molecule has 1 fully saturated rings. The third kappa shape index (κ3) is 5.66. The van der Waals surface area contributed by atoms with Crippen molar-refractivity contribution in [3.05, 3.63) is 48.0 Å². The summed E-state index contributed by atoms with van der Waals surface area (Å²) < 4.78 is 12.9. The summed E-state index contributed by atoms with van der Waals surface area (Å²) in [7, 11) is -1.80. The highest BCUT2D eigenvalue weighted by atomic mass is 28.4. The van der Waals surface area contributed by atoms with Gasteiger partial charge < -0.3 is 9.16 Å². The SMILES string of the molecule is C=C1CC[C@H](CCOCc2ccccc2)[C@@]1(C)CCO[Si](C(C)C)(C(C)C)C(C)C. The van der Waals surface area contributed by atoms with E-state index in [9.17, 15) is 0 Å². The molecule has 2 nitrogen and oxygen atoms in total. The average Bonchev–Trinajstić information content (AvgIpc) is 2.97. The summed E-state index contributed by atoms with van der Waals surface area (Å²) in [5, 5.41) is 0. The van der Waals surface area contributed by atoms with Crippen LogP contribution < -0.4 is 0 Å². The molecule has 0 aromatic heterocycles. The first-order valence-corrected chi connectivity index (χ1v) is 14.2. The van der Waals surface area contributed by atoms with Gasteiger partial charge in [-0.3, -0.25) is 0 Å². The molecular weight excluding hydrogens is 384 g/mol. The first-order chi connectivity index (χ1) is 14.1. The van der Waals surface area contributed by atoms with Crippen LogP contribution in [0.4, 0.5) is 0 Å². The fraction of sp³-hybridized carbons (Fsp3) is 0.704. The predicted octanol–water partition coefficient (Wildman–Crippen LogP) is 8.15. The largest absolute Gasteiger partial charge is 0.416 e. The van der Waals surface area contributed by atoms with Crippen molar-refractivity contribution >= 4 is 8.32 Å². The second-order valence-electron chi connectivity index (χ2n) is 10.5. The molecule has 0 radical (unpaired) electrons. The first-order valence-electron chi connectivity index (χ1n) is 12.1. The van der Waals surface area contributed by atoms with Crippen LogP contribution in [-0.4, -0.2) is 21.5 Å². The Kier molecular flexibility index (Phi) is 9.39. The molecule has 0 unspecified atom stereocenters. The Hall–Kier alpha value is -0.903. The molecule has 0 N–H and O–H groups in total. The Bertz CT molecular complexity index is 630. The van der Waals surface area contributed by atoms with Crippen LogP contribution in [0.25, 0.3) is 0 Å². The molecule has 0 bridgehead atoms. The van der Waals surface area contributed by atoms with Crippen LogP contribution in [-0.2, 0) is 15.8 Å². The van der Waals surface area contributed by atoms with Crippen LogP contribution >= 0.6 is 0 Å². The van der Waals surface area contributed by atoms with Crippen molar-refractivity contribution in [2.24, 2.45) is 11.3 Å². The van der Waals surface area contributed by atoms with Crippen molar-refractivity contribution in [1.82, 2.24) is 0 Å². The number of hydrogen-bond acceptors (Lipinski definition) is 2. The van der Waals surface area contributed by atoms with Gasteiger partial charge in [-0.25, -0.2) is 0 Å². The van der Waals surface area contributed by atoms with Gasteiger partial charge in [0.15, 0.2) is 8.32 Å². The summed E-state index contributed by atoms with van der Waals surface area (Å²) in [5.74, 6) is 0.651. The van der Waals surface area contributed by atoms with Gasteiger partial charge in [0, 0.05) is 13.2 Å². The van der Waals surface area contributed by atoms with Crippen LogP contribution in [0, 0.1) is 11.3 Å². The van der Waals surface area contributed by atoms with Crippen molar-refractivity contribution in [2.45, 2.75) is 97.4 Å². The minimum atomic E-state index is -1.80. The molecule has 1 aliphatic rings. The van der Waals surface area contributed by atoms with E-state index in [-0.39, 0.29) is 5.41 Å². The molecule has 170 valence electrons. The molecule has 0 heterocycles. The van der Waals surface area contributed by atoms with E-state index in [2.05, 4.69) is 85.4 Å². The summed E-state index contributed by atoms with van der Waals surface area (Å²) in [4.78, 5) is 0. The highest BCUT2D eigenvalue weighted by molar-refractivity contribution is 6.77. The molecule has 1 saturated carbocycles. The van der Waals surface area contributed by atoms with Gasteiger partial charge in [-0.05, 0) is 59.2 Å². The maximum Gasteiger partial charge on any atom is 0.200 e. The van der Waals surface area contributed by atoms with Crippen LogP contribution in [0.15, 0.2) is 42.5 Å². The Morgan fingerprint density at radius 2 is 1.60 bits per heavy atom. The normalized spacial score (nSPS) is 22.6. The standard InChI is InChI=1S/C27H46O2Si/c1-21(2)30(22(3)4,23(5)6)29-19-17-27(8)24(7)14-15-26(27)16-18-28-20-25-12-10-9-11-13-25/h9-13,21-23,26H,7,14-20H2,1-6,8H3/t26-,27+/m1/s1. The Morgan fingerprint density at radius 3 is 2.17 bits per heavy atom. The van der Waals surface area contributed by atoms with Crippen LogP contribution in [0.1, 0.15) is 79.7 Å². The monoisotopic (exact) mass is 430 g/mol. The fourth-order valence-corrected chi connectivity index (χ4v) is 11.5. The lowest BCUT2D eigenvalue weighted by Gasteiger charge is -2.43. The van der Waals surface area contributed by atoms with Crippen LogP contribution in [0.5, 0.6) is 0 Å². The summed E-state index contributed by atoms with van der Waals surface area (Å²) >= 11 is 0. The minimum absolute atomic E-state index is 0.182. The topological polar surface area (TPSA) is 18.5 Å².